The Labute approximate surface area is 243 Å². The highest BCUT2D eigenvalue weighted by atomic mass is 16.6. The van der Waals surface area contributed by atoms with E-state index in [1.54, 1.807) is 67.6 Å². The van der Waals surface area contributed by atoms with Crippen LogP contribution in [0.1, 0.15) is 39.0 Å². The molecule has 1 aromatic heterocycles. The molecule has 0 saturated carbocycles. The molecule has 0 saturated heterocycles. The molecule has 0 aliphatic carbocycles. The molecule has 42 heavy (non-hydrogen) atoms. The van der Waals surface area contributed by atoms with Crippen molar-refractivity contribution in [2.45, 2.75) is 6.92 Å². The van der Waals surface area contributed by atoms with Crippen LogP contribution in [0.3, 0.4) is 0 Å². The van der Waals surface area contributed by atoms with E-state index in [4.69, 9.17) is 13.9 Å². The molecule has 0 aliphatic rings. The molecule has 0 atom stereocenters. The quantitative estimate of drug-likeness (QED) is 0.0872. The van der Waals surface area contributed by atoms with E-state index in [9.17, 15) is 14.4 Å². The minimum atomic E-state index is -0.664. The summed E-state index contributed by atoms with van der Waals surface area (Å²) in [5, 5.41) is 6.73. The zero-order valence-electron chi connectivity index (χ0n) is 23.4. The predicted molar refractivity (Wildman–Crippen MR) is 160 cm³/mol. The van der Waals surface area contributed by atoms with Crippen LogP contribution in [0, 0.1) is 0 Å². The molecule has 10 nitrogen and oxygen atoms in total. The number of furan rings is 1. The highest BCUT2D eigenvalue weighted by Crippen LogP contribution is 2.29. The van der Waals surface area contributed by atoms with Gasteiger partial charge < -0.3 is 24.1 Å². The van der Waals surface area contributed by atoms with E-state index >= 15 is 0 Å². The molecule has 214 valence electrons. The maximum Gasteiger partial charge on any atom is 0.379 e. The van der Waals surface area contributed by atoms with Crippen LogP contribution in [0.2, 0.25) is 0 Å². The van der Waals surface area contributed by atoms with E-state index in [2.05, 4.69) is 15.8 Å². The minimum absolute atomic E-state index is 0.00815. The van der Waals surface area contributed by atoms with Gasteiger partial charge in [0, 0.05) is 25.3 Å². The Morgan fingerprint density at radius 3 is 2.31 bits per heavy atom. The summed E-state index contributed by atoms with van der Waals surface area (Å²) in [6.45, 7) is 2.12. The fraction of sp³-hybridized carbons (Fsp3) is 0.125. The van der Waals surface area contributed by atoms with E-state index in [0.717, 1.165) is 5.69 Å². The molecule has 4 aromatic rings. The highest BCUT2D eigenvalue weighted by molar-refractivity contribution is 6.05. The number of amides is 2. The first kappa shape index (κ1) is 29.3. The molecule has 4 rings (SSSR count). The van der Waals surface area contributed by atoms with Crippen molar-refractivity contribution in [1.82, 2.24) is 10.7 Å². The lowest BCUT2D eigenvalue weighted by atomic mass is 10.1. The van der Waals surface area contributed by atoms with E-state index < -0.39 is 17.8 Å². The number of hydrazone groups is 1. The van der Waals surface area contributed by atoms with Crippen molar-refractivity contribution in [1.29, 1.82) is 0 Å². The standard InChI is InChI=1S/C32H30N4O6/c1-4-40-29-20-23(14-17-27(29)42-32(39)28-11-8-18-41-28)21-33-35-31(38)26(34-30(37)24-9-6-5-7-10-24)19-22-12-15-25(16-13-22)36(2)3/h5-21H,4H2,1-3H3,(H,34,37)(H,35,38)/b26-19-,33-21+. The fourth-order valence-corrected chi connectivity index (χ4v) is 3.71. The third-order valence-corrected chi connectivity index (χ3v) is 5.82. The average molecular weight is 567 g/mol. The molecule has 2 amide bonds. The van der Waals surface area contributed by atoms with Crippen molar-refractivity contribution in [3.63, 3.8) is 0 Å². The maximum absolute atomic E-state index is 13.1. The van der Waals surface area contributed by atoms with Gasteiger partial charge in [-0.2, -0.15) is 5.10 Å². The lowest BCUT2D eigenvalue weighted by Gasteiger charge is -2.13. The summed E-state index contributed by atoms with van der Waals surface area (Å²) in [4.78, 5) is 40.2. The lowest BCUT2D eigenvalue weighted by Crippen LogP contribution is -2.32. The van der Waals surface area contributed by atoms with Crippen LogP contribution in [0.4, 0.5) is 5.69 Å². The highest BCUT2D eigenvalue weighted by Gasteiger charge is 2.16. The largest absolute Gasteiger partial charge is 0.490 e. The smallest absolute Gasteiger partial charge is 0.379 e. The van der Waals surface area contributed by atoms with Gasteiger partial charge in [-0.15, -0.1) is 0 Å². The summed E-state index contributed by atoms with van der Waals surface area (Å²) in [5.74, 6) is -1.16. The molecule has 1 heterocycles. The van der Waals surface area contributed by atoms with Crippen molar-refractivity contribution < 1.29 is 28.3 Å². The van der Waals surface area contributed by atoms with E-state index in [1.807, 2.05) is 43.3 Å². The first-order valence-corrected chi connectivity index (χ1v) is 13.1. The predicted octanol–water partition coefficient (Wildman–Crippen LogP) is 4.88. The number of rotatable bonds is 11. The van der Waals surface area contributed by atoms with Gasteiger partial charge in [0.05, 0.1) is 19.1 Å². The Balaban J connectivity index is 1.50. The minimum Gasteiger partial charge on any atom is -0.490 e. The molecule has 0 bridgehead atoms. The van der Waals surface area contributed by atoms with E-state index in [1.165, 1.54) is 18.5 Å². The molecule has 0 fully saturated rings. The number of hydrogen-bond acceptors (Lipinski definition) is 8. The SMILES string of the molecule is CCOc1cc(/C=N/NC(=O)/C(=C/c2ccc(N(C)C)cc2)NC(=O)c2ccccc2)ccc1OC(=O)c1ccco1. The second-order valence-electron chi connectivity index (χ2n) is 9.07. The Kier molecular flexibility index (Phi) is 9.87. The molecule has 0 spiro atoms. The van der Waals surface area contributed by atoms with Crippen molar-refractivity contribution in [3.8, 4) is 11.5 Å². The number of nitrogens with one attached hydrogen (secondary N) is 2. The van der Waals surface area contributed by atoms with Gasteiger partial charge in [-0.1, -0.05) is 30.3 Å². The van der Waals surface area contributed by atoms with Gasteiger partial charge >= 0.3 is 5.97 Å². The van der Waals surface area contributed by atoms with Crippen LogP contribution in [-0.2, 0) is 4.79 Å². The summed E-state index contributed by atoms with van der Waals surface area (Å²) in [6.07, 6.45) is 4.35. The molecule has 0 unspecified atom stereocenters. The van der Waals surface area contributed by atoms with Gasteiger partial charge in [-0.25, -0.2) is 10.2 Å². The third-order valence-electron chi connectivity index (χ3n) is 5.82. The van der Waals surface area contributed by atoms with Crippen LogP contribution in [-0.4, -0.2) is 44.7 Å². The average Bonchev–Trinajstić information content (AvgIpc) is 3.54. The van der Waals surface area contributed by atoms with Gasteiger partial charge in [0.25, 0.3) is 11.8 Å². The van der Waals surface area contributed by atoms with E-state index in [0.29, 0.717) is 29.0 Å². The fourth-order valence-electron chi connectivity index (χ4n) is 3.71. The Morgan fingerprint density at radius 2 is 1.64 bits per heavy atom. The van der Waals surface area contributed by atoms with Gasteiger partial charge in [0.2, 0.25) is 5.76 Å². The van der Waals surface area contributed by atoms with E-state index in [-0.39, 0.29) is 17.2 Å². The number of carbonyl (C=O) groups excluding carboxylic acids is 3. The Bertz CT molecular complexity index is 1580. The monoisotopic (exact) mass is 566 g/mol. The second kappa shape index (κ2) is 14.1. The molecular formula is C32H30N4O6. The number of ether oxygens (including phenoxy) is 2. The maximum atomic E-state index is 13.1. The normalized spacial score (nSPS) is 11.2. The number of esters is 1. The number of nitrogens with zero attached hydrogens (tertiary/aromatic N) is 2. The molecule has 2 N–H and O–H groups in total. The summed E-state index contributed by atoms with van der Waals surface area (Å²) >= 11 is 0. The summed E-state index contributed by atoms with van der Waals surface area (Å²) in [7, 11) is 3.86. The third kappa shape index (κ3) is 7.95. The molecule has 3 aromatic carbocycles. The number of anilines is 1. The topological polar surface area (TPSA) is 122 Å². The van der Waals surface area contributed by atoms with Crippen LogP contribution < -0.4 is 25.1 Å². The summed E-state index contributed by atoms with van der Waals surface area (Å²) < 4.78 is 16.1. The second-order valence-corrected chi connectivity index (χ2v) is 9.07. The van der Waals surface area contributed by atoms with Crippen LogP contribution in [0.15, 0.2) is 106 Å². The molecule has 0 aliphatic heterocycles. The molecule has 0 radical (unpaired) electrons. The van der Waals surface area contributed by atoms with Crippen molar-refractivity contribution in [3.05, 3.63) is 119 Å². The van der Waals surface area contributed by atoms with Crippen molar-refractivity contribution >= 4 is 35.8 Å². The zero-order valence-corrected chi connectivity index (χ0v) is 23.4. The first-order chi connectivity index (χ1) is 20.3. The summed E-state index contributed by atoms with van der Waals surface area (Å²) in [5.41, 5.74) is 5.13. The summed E-state index contributed by atoms with van der Waals surface area (Å²) in [6, 6.07) is 24.0. The van der Waals surface area contributed by atoms with Gasteiger partial charge in [0.15, 0.2) is 11.5 Å². The van der Waals surface area contributed by atoms with Crippen LogP contribution in [0.5, 0.6) is 11.5 Å². The lowest BCUT2D eigenvalue weighted by molar-refractivity contribution is -0.117. The Hall–Kier alpha value is -5.64. The Morgan fingerprint density at radius 1 is 0.905 bits per heavy atom. The number of hydrogen-bond donors (Lipinski definition) is 2. The van der Waals surface area contributed by atoms with Gasteiger partial charge in [-0.3, -0.25) is 9.59 Å². The van der Waals surface area contributed by atoms with Crippen molar-refractivity contribution in [2.24, 2.45) is 5.10 Å². The number of carbonyl (C=O) groups is 3. The van der Waals surface area contributed by atoms with Crippen LogP contribution in [0.25, 0.3) is 6.08 Å². The van der Waals surface area contributed by atoms with Crippen molar-refractivity contribution in [2.75, 3.05) is 25.6 Å². The van der Waals surface area contributed by atoms with Crippen LogP contribution >= 0.6 is 0 Å². The van der Waals surface area contributed by atoms with Gasteiger partial charge in [-0.05, 0) is 78.7 Å². The van der Waals surface area contributed by atoms with Gasteiger partial charge in [0.1, 0.15) is 5.70 Å². The molecule has 10 heteroatoms. The first-order valence-electron chi connectivity index (χ1n) is 13.1. The number of benzene rings is 3. The molecular weight excluding hydrogens is 536 g/mol. The zero-order chi connectivity index (χ0) is 29.9.